The smallest absolute Gasteiger partial charge is 0.416 e. The fourth-order valence-corrected chi connectivity index (χ4v) is 3.60. The van der Waals surface area contributed by atoms with Gasteiger partial charge >= 0.3 is 6.18 Å². The minimum absolute atomic E-state index is 0.0230. The van der Waals surface area contributed by atoms with Crippen LogP contribution < -0.4 is 26.2 Å². The Morgan fingerprint density at radius 2 is 1.89 bits per heavy atom. The van der Waals surface area contributed by atoms with Crippen LogP contribution >= 0.6 is 0 Å². The zero-order chi connectivity index (χ0) is 25.2. The van der Waals surface area contributed by atoms with Gasteiger partial charge in [-0.2, -0.15) is 18.2 Å². The second kappa shape index (κ2) is 9.49. The van der Waals surface area contributed by atoms with E-state index >= 15 is 0 Å². The van der Waals surface area contributed by atoms with Crippen molar-refractivity contribution in [2.75, 3.05) is 22.6 Å². The van der Waals surface area contributed by atoms with E-state index < -0.39 is 35.0 Å². The second-order valence-electron chi connectivity index (χ2n) is 7.63. The Labute approximate surface area is 196 Å². The Kier molecular flexibility index (Phi) is 6.45. The largest absolute Gasteiger partial charge is 0.494 e. The van der Waals surface area contributed by atoms with E-state index in [1.807, 2.05) is 6.92 Å². The molecule has 0 spiro atoms. The summed E-state index contributed by atoms with van der Waals surface area (Å²) in [5, 5.41) is 7.70. The molecule has 1 aromatic heterocycles. The lowest BCUT2D eigenvalue weighted by atomic mass is 9.92. The molecule has 0 saturated heterocycles. The molecular weight excluding hydrogens is 467 g/mol. The molecule has 0 radical (unpaired) electrons. The molecule has 3 aromatic rings. The number of nitrogens with one attached hydrogen (secondary N) is 4. The van der Waals surface area contributed by atoms with Crippen LogP contribution in [0.5, 0.6) is 5.75 Å². The van der Waals surface area contributed by atoms with Crippen molar-refractivity contribution in [3.8, 4) is 5.75 Å². The van der Waals surface area contributed by atoms with Crippen LogP contribution in [0, 0.1) is 0 Å². The molecule has 4 rings (SSSR count). The molecule has 2 heterocycles. The van der Waals surface area contributed by atoms with E-state index in [2.05, 4.69) is 25.9 Å². The SMILES string of the molecule is CCOc1ccc(NC(=O)[C@H]2CC(=O)Nc3nc(Nc4cccc(C(F)(F)F)c4)[nH]c(=O)c32)cc1. The number of benzene rings is 2. The van der Waals surface area contributed by atoms with Crippen molar-refractivity contribution >= 4 is 35.0 Å². The first-order chi connectivity index (χ1) is 16.6. The summed E-state index contributed by atoms with van der Waals surface area (Å²) in [6, 6.07) is 10.9. The minimum Gasteiger partial charge on any atom is -0.494 e. The second-order valence-corrected chi connectivity index (χ2v) is 7.63. The van der Waals surface area contributed by atoms with E-state index in [1.54, 1.807) is 24.3 Å². The molecule has 0 aliphatic carbocycles. The first kappa shape index (κ1) is 23.8. The summed E-state index contributed by atoms with van der Waals surface area (Å²) in [7, 11) is 0. The third kappa shape index (κ3) is 5.42. The highest BCUT2D eigenvalue weighted by atomic mass is 19.4. The number of halogens is 3. The van der Waals surface area contributed by atoms with Gasteiger partial charge in [-0.05, 0) is 49.4 Å². The first-order valence-corrected chi connectivity index (χ1v) is 10.6. The van der Waals surface area contributed by atoms with Gasteiger partial charge in [-0.3, -0.25) is 19.4 Å². The zero-order valence-corrected chi connectivity index (χ0v) is 18.3. The summed E-state index contributed by atoms with van der Waals surface area (Å²) in [5.41, 5.74) is -1.19. The normalized spacial score (nSPS) is 15.1. The molecule has 0 bridgehead atoms. The average molecular weight is 487 g/mol. The van der Waals surface area contributed by atoms with Gasteiger partial charge in [-0.25, -0.2) is 0 Å². The van der Waals surface area contributed by atoms with Crippen molar-refractivity contribution in [3.63, 3.8) is 0 Å². The van der Waals surface area contributed by atoms with E-state index in [0.29, 0.717) is 18.0 Å². The predicted molar refractivity (Wildman–Crippen MR) is 122 cm³/mol. The van der Waals surface area contributed by atoms with Crippen molar-refractivity contribution < 1.29 is 27.5 Å². The number of hydrogen-bond acceptors (Lipinski definition) is 6. The molecule has 35 heavy (non-hydrogen) atoms. The van der Waals surface area contributed by atoms with Crippen LogP contribution in [0.4, 0.5) is 36.3 Å². The van der Waals surface area contributed by atoms with Crippen molar-refractivity contribution in [1.29, 1.82) is 0 Å². The lowest BCUT2D eigenvalue weighted by Crippen LogP contribution is -2.36. The molecule has 182 valence electrons. The van der Waals surface area contributed by atoms with Gasteiger partial charge in [-0.15, -0.1) is 0 Å². The summed E-state index contributed by atoms with van der Waals surface area (Å²) < 4.78 is 44.3. The minimum atomic E-state index is -4.55. The van der Waals surface area contributed by atoms with E-state index in [-0.39, 0.29) is 29.4 Å². The number of fused-ring (bicyclic) bond motifs is 1. The summed E-state index contributed by atoms with van der Waals surface area (Å²) in [6.07, 6.45) is -4.83. The summed E-state index contributed by atoms with van der Waals surface area (Å²) in [4.78, 5) is 44.5. The molecule has 1 aliphatic heterocycles. The van der Waals surface area contributed by atoms with Crippen LogP contribution in [0.1, 0.15) is 30.4 Å². The van der Waals surface area contributed by atoms with Gasteiger partial charge in [-0.1, -0.05) is 6.07 Å². The van der Waals surface area contributed by atoms with Crippen LogP contribution in [-0.4, -0.2) is 28.4 Å². The fourth-order valence-electron chi connectivity index (χ4n) is 3.60. The highest BCUT2D eigenvalue weighted by molar-refractivity contribution is 6.04. The van der Waals surface area contributed by atoms with Crippen LogP contribution in [0.25, 0.3) is 0 Å². The maximum atomic E-state index is 13.0. The molecule has 0 fully saturated rings. The van der Waals surface area contributed by atoms with Gasteiger partial charge in [0.1, 0.15) is 11.6 Å². The summed E-state index contributed by atoms with van der Waals surface area (Å²) in [5.74, 6) is -1.96. The van der Waals surface area contributed by atoms with Crippen molar-refractivity contribution in [3.05, 3.63) is 70.0 Å². The zero-order valence-electron chi connectivity index (χ0n) is 18.3. The average Bonchev–Trinajstić information content (AvgIpc) is 2.79. The number of alkyl halides is 3. The number of nitrogens with zero attached hydrogens (tertiary/aromatic N) is 1. The first-order valence-electron chi connectivity index (χ1n) is 10.6. The number of H-pyrrole nitrogens is 1. The van der Waals surface area contributed by atoms with E-state index in [9.17, 15) is 27.6 Å². The quantitative estimate of drug-likeness (QED) is 0.417. The number of carbonyl (C=O) groups excluding carboxylic acids is 2. The topological polar surface area (TPSA) is 125 Å². The van der Waals surface area contributed by atoms with Crippen LogP contribution in [0.2, 0.25) is 0 Å². The number of anilines is 4. The Morgan fingerprint density at radius 3 is 2.57 bits per heavy atom. The number of amides is 2. The van der Waals surface area contributed by atoms with Gasteiger partial charge in [0, 0.05) is 17.8 Å². The van der Waals surface area contributed by atoms with Gasteiger partial charge in [0.05, 0.1) is 23.7 Å². The number of aromatic amines is 1. The highest BCUT2D eigenvalue weighted by Crippen LogP contribution is 2.32. The number of aromatic nitrogens is 2. The van der Waals surface area contributed by atoms with Crippen LogP contribution in [0.3, 0.4) is 0 Å². The number of rotatable bonds is 6. The van der Waals surface area contributed by atoms with Crippen molar-refractivity contribution in [2.24, 2.45) is 0 Å². The molecule has 0 unspecified atom stereocenters. The van der Waals surface area contributed by atoms with E-state index in [0.717, 1.165) is 12.1 Å². The number of ether oxygens (including phenoxy) is 1. The molecule has 1 atom stereocenters. The Hall–Kier alpha value is -4.35. The van der Waals surface area contributed by atoms with E-state index in [1.165, 1.54) is 12.1 Å². The lowest BCUT2D eigenvalue weighted by molar-refractivity contribution is -0.137. The lowest BCUT2D eigenvalue weighted by Gasteiger charge is -2.23. The number of carbonyl (C=O) groups is 2. The molecule has 12 heteroatoms. The highest BCUT2D eigenvalue weighted by Gasteiger charge is 2.35. The Bertz CT molecular complexity index is 1320. The van der Waals surface area contributed by atoms with E-state index in [4.69, 9.17) is 4.74 Å². The molecule has 2 amide bonds. The molecule has 0 saturated carbocycles. The van der Waals surface area contributed by atoms with Gasteiger partial charge < -0.3 is 20.7 Å². The third-order valence-electron chi connectivity index (χ3n) is 5.15. The molecule has 9 nitrogen and oxygen atoms in total. The van der Waals surface area contributed by atoms with Gasteiger partial charge in [0.15, 0.2) is 0 Å². The molecule has 2 aromatic carbocycles. The predicted octanol–water partition coefficient (Wildman–Crippen LogP) is 4.00. The monoisotopic (exact) mass is 487 g/mol. The molecule has 4 N–H and O–H groups in total. The maximum absolute atomic E-state index is 13.0. The standard InChI is InChI=1S/C23H20F3N5O4/c1-2-35-15-8-6-13(7-9-15)27-20(33)16-11-17(32)29-19-18(16)21(34)31-22(30-19)28-14-5-3-4-12(10-14)23(24,25)26/h3-10,16H,2,11H2,1H3,(H,27,33)(H3,28,29,30,31,32,34)/t16-/m0/s1. The Morgan fingerprint density at radius 1 is 1.14 bits per heavy atom. The van der Waals surface area contributed by atoms with Crippen molar-refractivity contribution in [1.82, 2.24) is 9.97 Å². The Balaban J connectivity index is 1.58. The van der Waals surface area contributed by atoms with Gasteiger partial charge in [0.2, 0.25) is 17.8 Å². The summed E-state index contributed by atoms with van der Waals surface area (Å²) in [6.45, 7) is 2.33. The van der Waals surface area contributed by atoms with Crippen LogP contribution in [0.15, 0.2) is 53.3 Å². The van der Waals surface area contributed by atoms with Crippen molar-refractivity contribution in [2.45, 2.75) is 25.4 Å². The molecular formula is C23H20F3N5O4. The maximum Gasteiger partial charge on any atom is 0.416 e. The third-order valence-corrected chi connectivity index (χ3v) is 5.15. The van der Waals surface area contributed by atoms with Crippen LogP contribution in [-0.2, 0) is 15.8 Å². The summed E-state index contributed by atoms with van der Waals surface area (Å²) >= 11 is 0. The molecule has 1 aliphatic rings. The fraction of sp³-hybridized carbons (Fsp3) is 0.217. The number of hydrogen-bond donors (Lipinski definition) is 4. The van der Waals surface area contributed by atoms with Gasteiger partial charge in [0.25, 0.3) is 5.56 Å².